The van der Waals surface area contributed by atoms with Crippen LogP contribution in [0.3, 0.4) is 0 Å². The van der Waals surface area contributed by atoms with E-state index >= 15 is 0 Å². The highest BCUT2D eigenvalue weighted by Gasteiger charge is 2.10. The number of halogens is 2. The lowest BCUT2D eigenvalue weighted by atomic mass is 10.3. The lowest BCUT2D eigenvalue weighted by molar-refractivity contribution is 0.566. The van der Waals surface area contributed by atoms with Crippen LogP contribution in [0.25, 0.3) is 5.69 Å². The largest absolute Gasteiger partial charge is 0.279 e. The molecule has 0 fully saturated rings. The van der Waals surface area contributed by atoms with Crippen LogP contribution in [0.4, 0.5) is 8.78 Å². The predicted molar refractivity (Wildman–Crippen MR) is 52.0 cm³/mol. The summed E-state index contributed by atoms with van der Waals surface area (Å²) in [5, 5.41) is 0. The number of para-hydroxylation sites is 1. The Kier molecular flexibility index (Phi) is 2.33. The molecule has 0 atom stereocenters. The number of benzene rings is 1. The van der Waals surface area contributed by atoms with Crippen LogP contribution in [0.1, 0.15) is 0 Å². The maximum Gasteiger partial charge on any atom is 0.255 e. The van der Waals surface area contributed by atoms with E-state index in [1.807, 2.05) is 0 Å². The molecule has 1 heterocycles. The van der Waals surface area contributed by atoms with E-state index in [-0.39, 0.29) is 5.69 Å². The number of pyridine rings is 1. The van der Waals surface area contributed by atoms with E-state index in [1.165, 1.54) is 30.5 Å². The van der Waals surface area contributed by atoms with E-state index < -0.39 is 17.2 Å². The van der Waals surface area contributed by atoms with Crippen LogP contribution in [0, 0.1) is 11.6 Å². The molecule has 0 saturated carbocycles. The van der Waals surface area contributed by atoms with E-state index in [0.29, 0.717) is 0 Å². The zero-order valence-electron chi connectivity index (χ0n) is 7.65. The summed E-state index contributed by atoms with van der Waals surface area (Å²) < 4.78 is 27.6. The SMILES string of the molecule is O=c1ccccn1-c1c(F)cccc1F. The molecule has 2 rings (SSSR count). The van der Waals surface area contributed by atoms with Crippen molar-refractivity contribution in [1.82, 2.24) is 4.57 Å². The molecule has 1 aromatic heterocycles. The van der Waals surface area contributed by atoms with Gasteiger partial charge in [0.1, 0.15) is 17.3 Å². The third-order valence-corrected chi connectivity index (χ3v) is 2.00. The molecule has 0 bridgehead atoms. The first-order valence-electron chi connectivity index (χ1n) is 4.32. The zero-order valence-corrected chi connectivity index (χ0v) is 7.65. The molecule has 2 aromatic rings. The monoisotopic (exact) mass is 207 g/mol. The average Bonchev–Trinajstić information content (AvgIpc) is 2.20. The van der Waals surface area contributed by atoms with Crippen molar-refractivity contribution in [2.24, 2.45) is 0 Å². The standard InChI is InChI=1S/C11H7F2NO/c12-8-4-3-5-9(13)11(8)14-7-2-1-6-10(14)15/h1-7H. The topological polar surface area (TPSA) is 22.0 Å². The summed E-state index contributed by atoms with van der Waals surface area (Å²) in [5.74, 6) is -1.52. The van der Waals surface area contributed by atoms with Crippen molar-refractivity contribution in [3.05, 3.63) is 64.6 Å². The Labute approximate surface area is 84.4 Å². The van der Waals surface area contributed by atoms with Crippen LogP contribution in [0.15, 0.2) is 47.4 Å². The van der Waals surface area contributed by atoms with Crippen LogP contribution >= 0.6 is 0 Å². The molecule has 0 amide bonds. The second-order valence-electron chi connectivity index (χ2n) is 2.98. The van der Waals surface area contributed by atoms with E-state index in [1.54, 1.807) is 0 Å². The van der Waals surface area contributed by atoms with Gasteiger partial charge in [-0.1, -0.05) is 12.1 Å². The van der Waals surface area contributed by atoms with Crippen molar-refractivity contribution in [2.45, 2.75) is 0 Å². The van der Waals surface area contributed by atoms with Crippen LogP contribution in [0.2, 0.25) is 0 Å². The molecular weight excluding hydrogens is 200 g/mol. The number of hydrogen-bond acceptors (Lipinski definition) is 1. The minimum absolute atomic E-state index is 0.344. The summed E-state index contributed by atoms with van der Waals surface area (Å²) in [6.45, 7) is 0. The molecule has 76 valence electrons. The fourth-order valence-electron chi connectivity index (χ4n) is 1.33. The van der Waals surface area contributed by atoms with Crippen LogP contribution in [-0.4, -0.2) is 4.57 Å². The van der Waals surface area contributed by atoms with Crippen molar-refractivity contribution in [3.8, 4) is 5.69 Å². The highest BCUT2D eigenvalue weighted by Crippen LogP contribution is 2.14. The predicted octanol–water partition coefficient (Wildman–Crippen LogP) is 2.12. The summed E-state index contributed by atoms with van der Waals surface area (Å²) in [6, 6.07) is 7.76. The molecule has 0 aliphatic carbocycles. The van der Waals surface area contributed by atoms with Gasteiger partial charge in [0.05, 0.1) is 0 Å². The van der Waals surface area contributed by atoms with Crippen LogP contribution < -0.4 is 5.56 Å². The Morgan fingerprint density at radius 3 is 2.20 bits per heavy atom. The smallest absolute Gasteiger partial charge is 0.255 e. The Balaban J connectivity index is 2.75. The fraction of sp³-hybridized carbons (Fsp3) is 0. The summed E-state index contributed by atoms with van der Waals surface area (Å²) in [7, 11) is 0. The highest BCUT2D eigenvalue weighted by molar-refractivity contribution is 5.35. The normalized spacial score (nSPS) is 10.3. The quantitative estimate of drug-likeness (QED) is 0.702. The Morgan fingerprint density at radius 1 is 0.933 bits per heavy atom. The lowest BCUT2D eigenvalue weighted by Crippen LogP contribution is -2.18. The van der Waals surface area contributed by atoms with Gasteiger partial charge in [-0.2, -0.15) is 0 Å². The lowest BCUT2D eigenvalue weighted by Gasteiger charge is -2.06. The van der Waals surface area contributed by atoms with E-state index in [4.69, 9.17) is 0 Å². The van der Waals surface area contributed by atoms with Gasteiger partial charge in [-0.15, -0.1) is 0 Å². The van der Waals surface area contributed by atoms with Gasteiger partial charge >= 0.3 is 0 Å². The molecule has 2 nitrogen and oxygen atoms in total. The molecule has 0 N–H and O–H groups in total. The maximum absolute atomic E-state index is 13.3. The van der Waals surface area contributed by atoms with Gasteiger partial charge < -0.3 is 0 Å². The van der Waals surface area contributed by atoms with Gasteiger partial charge in [0.15, 0.2) is 0 Å². The van der Waals surface area contributed by atoms with Crippen molar-refractivity contribution >= 4 is 0 Å². The summed E-state index contributed by atoms with van der Waals surface area (Å²) in [6.07, 6.45) is 1.32. The highest BCUT2D eigenvalue weighted by atomic mass is 19.1. The second kappa shape index (κ2) is 3.65. The van der Waals surface area contributed by atoms with Crippen molar-refractivity contribution in [1.29, 1.82) is 0 Å². The van der Waals surface area contributed by atoms with Gasteiger partial charge in [-0.3, -0.25) is 9.36 Å². The van der Waals surface area contributed by atoms with E-state index in [0.717, 1.165) is 16.7 Å². The molecule has 0 aliphatic rings. The van der Waals surface area contributed by atoms with Gasteiger partial charge in [0.25, 0.3) is 5.56 Å². The maximum atomic E-state index is 13.3. The molecule has 15 heavy (non-hydrogen) atoms. The first-order valence-corrected chi connectivity index (χ1v) is 4.32. The number of hydrogen-bond donors (Lipinski definition) is 0. The second-order valence-corrected chi connectivity index (χ2v) is 2.98. The molecule has 0 unspecified atom stereocenters. The van der Waals surface area contributed by atoms with Gasteiger partial charge in [0.2, 0.25) is 0 Å². The van der Waals surface area contributed by atoms with Crippen LogP contribution in [-0.2, 0) is 0 Å². The van der Waals surface area contributed by atoms with Gasteiger partial charge in [-0.05, 0) is 18.2 Å². The Morgan fingerprint density at radius 2 is 1.60 bits per heavy atom. The average molecular weight is 207 g/mol. The fourth-order valence-corrected chi connectivity index (χ4v) is 1.33. The third-order valence-electron chi connectivity index (χ3n) is 2.00. The molecule has 4 heteroatoms. The Hall–Kier alpha value is -1.97. The number of nitrogens with zero attached hydrogens (tertiary/aromatic N) is 1. The first-order chi connectivity index (χ1) is 7.20. The number of rotatable bonds is 1. The summed E-state index contributed by atoms with van der Waals surface area (Å²) >= 11 is 0. The molecule has 0 radical (unpaired) electrons. The van der Waals surface area contributed by atoms with Gasteiger partial charge in [-0.25, -0.2) is 8.78 Å². The van der Waals surface area contributed by atoms with Crippen LogP contribution in [0.5, 0.6) is 0 Å². The summed E-state index contributed by atoms with van der Waals surface area (Å²) in [4.78, 5) is 11.4. The minimum atomic E-state index is -0.761. The molecule has 0 saturated heterocycles. The van der Waals surface area contributed by atoms with Gasteiger partial charge in [0, 0.05) is 12.3 Å². The first kappa shape index (κ1) is 9.58. The summed E-state index contributed by atoms with van der Waals surface area (Å²) in [5.41, 5.74) is -0.815. The Bertz CT molecular complexity index is 528. The van der Waals surface area contributed by atoms with Crippen molar-refractivity contribution < 1.29 is 8.78 Å². The molecule has 0 spiro atoms. The molecule has 1 aromatic carbocycles. The van der Waals surface area contributed by atoms with Crippen molar-refractivity contribution in [3.63, 3.8) is 0 Å². The number of aromatic nitrogens is 1. The minimum Gasteiger partial charge on any atom is -0.279 e. The van der Waals surface area contributed by atoms with E-state index in [2.05, 4.69) is 0 Å². The zero-order chi connectivity index (χ0) is 10.8. The van der Waals surface area contributed by atoms with E-state index in [9.17, 15) is 13.6 Å². The molecule has 0 aliphatic heterocycles. The molecular formula is C11H7F2NO. The third kappa shape index (κ3) is 1.66. The van der Waals surface area contributed by atoms with Crippen molar-refractivity contribution in [2.75, 3.05) is 0 Å².